The molecular formula is C19H17FN4OS. The molecule has 0 spiro atoms. The SMILES string of the molecule is O=C(CSc1n[nH]c(/C=C/c2ccccc2)n1)NCc1ccc(F)cc1. The molecule has 3 aromatic rings. The monoisotopic (exact) mass is 368 g/mol. The smallest absolute Gasteiger partial charge is 0.230 e. The lowest BCUT2D eigenvalue weighted by atomic mass is 10.2. The van der Waals surface area contributed by atoms with Gasteiger partial charge in [-0.2, -0.15) is 0 Å². The molecule has 0 atom stereocenters. The number of benzene rings is 2. The van der Waals surface area contributed by atoms with Gasteiger partial charge in [-0.1, -0.05) is 60.3 Å². The predicted octanol–water partition coefficient (Wildman–Crippen LogP) is 3.52. The second kappa shape index (κ2) is 8.96. The highest BCUT2D eigenvalue weighted by molar-refractivity contribution is 7.99. The number of nitrogens with zero attached hydrogens (tertiary/aromatic N) is 2. The molecule has 0 unspecified atom stereocenters. The van der Waals surface area contributed by atoms with E-state index in [1.807, 2.05) is 42.5 Å². The average Bonchev–Trinajstić information content (AvgIpc) is 3.13. The van der Waals surface area contributed by atoms with Crippen molar-refractivity contribution in [3.8, 4) is 0 Å². The van der Waals surface area contributed by atoms with E-state index in [0.717, 1.165) is 11.1 Å². The maximum atomic E-state index is 12.8. The summed E-state index contributed by atoms with van der Waals surface area (Å²) in [6.45, 7) is 0.360. The van der Waals surface area contributed by atoms with Crippen LogP contribution in [0.3, 0.4) is 0 Å². The Bertz CT molecular complexity index is 878. The first-order chi connectivity index (χ1) is 12.7. The number of nitrogens with one attached hydrogen (secondary N) is 2. The Morgan fingerprint density at radius 3 is 2.65 bits per heavy atom. The van der Waals surface area contributed by atoms with Crippen molar-refractivity contribution in [1.82, 2.24) is 20.5 Å². The number of H-pyrrole nitrogens is 1. The summed E-state index contributed by atoms with van der Waals surface area (Å²) in [5.41, 5.74) is 1.91. The lowest BCUT2D eigenvalue weighted by Gasteiger charge is -2.04. The van der Waals surface area contributed by atoms with Crippen molar-refractivity contribution in [1.29, 1.82) is 0 Å². The minimum Gasteiger partial charge on any atom is -0.351 e. The van der Waals surface area contributed by atoms with Crippen LogP contribution in [0, 0.1) is 5.82 Å². The van der Waals surface area contributed by atoms with Crippen LogP contribution < -0.4 is 5.32 Å². The van der Waals surface area contributed by atoms with Gasteiger partial charge in [0.05, 0.1) is 5.75 Å². The number of hydrogen-bond donors (Lipinski definition) is 2. The molecule has 2 aromatic carbocycles. The van der Waals surface area contributed by atoms with Crippen molar-refractivity contribution >= 4 is 29.8 Å². The van der Waals surface area contributed by atoms with Gasteiger partial charge in [0.2, 0.25) is 11.1 Å². The number of rotatable bonds is 7. The van der Waals surface area contributed by atoms with Gasteiger partial charge < -0.3 is 5.32 Å². The number of aromatic amines is 1. The molecule has 3 rings (SSSR count). The normalized spacial score (nSPS) is 11.0. The number of hydrogen-bond acceptors (Lipinski definition) is 4. The third-order valence-electron chi connectivity index (χ3n) is 3.45. The molecule has 26 heavy (non-hydrogen) atoms. The van der Waals surface area contributed by atoms with Gasteiger partial charge in [0.15, 0.2) is 0 Å². The molecule has 1 amide bonds. The minimum absolute atomic E-state index is 0.134. The van der Waals surface area contributed by atoms with E-state index in [0.29, 0.717) is 17.5 Å². The third-order valence-corrected chi connectivity index (χ3v) is 4.30. The highest BCUT2D eigenvalue weighted by Crippen LogP contribution is 2.13. The Labute approximate surface area is 154 Å². The summed E-state index contributed by atoms with van der Waals surface area (Å²) in [6.07, 6.45) is 3.77. The van der Waals surface area contributed by atoms with E-state index in [1.54, 1.807) is 12.1 Å². The Morgan fingerprint density at radius 2 is 1.88 bits per heavy atom. The Morgan fingerprint density at radius 1 is 1.12 bits per heavy atom. The molecule has 0 saturated heterocycles. The molecule has 0 bridgehead atoms. The van der Waals surface area contributed by atoms with Crippen molar-refractivity contribution in [2.24, 2.45) is 0 Å². The van der Waals surface area contributed by atoms with Crippen LogP contribution in [0.5, 0.6) is 0 Å². The van der Waals surface area contributed by atoms with E-state index in [2.05, 4.69) is 20.5 Å². The standard InChI is InChI=1S/C19H17FN4OS/c20-16-9-6-15(7-10-16)12-21-18(25)13-26-19-22-17(23-24-19)11-8-14-4-2-1-3-5-14/h1-11H,12-13H2,(H,21,25)(H,22,23,24)/b11-8+. The predicted molar refractivity (Wildman–Crippen MR) is 101 cm³/mol. The van der Waals surface area contributed by atoms with Crippen molar-refractivity contribution in [2.45, 2.75) is 11.7 Å². The fraction of sp³-hybridized carbons (Fsp3) is 0.105. The largest absolute Gasteiger partial charge is 0.351 e. The van der Waals surface area contributed by atoms with E-state index in [9.17, 15) is 9.18 Å². The quantitative estimate of drug-likeness (QED) is 0.626. The summed E-state index contributed by atoms with van der Waals surface area (Å²) >= 11 is 1.25. The molecule has 1 heterocycles. The first-order valence-corrected chi connectivity index (χ1v) is 8.97. The third kappa shape index (κ3) is 5.56. The molecular weight excluding hydrogens is 351 g/mol. The van der Waals surface area contributed by atoms with E-state index >= 15 is 0 Å². The second-order valence-electron chi connectivity index (χ2n) is 5.44. The van der Waals surface area contributed by atoms with Crippen molar-refractivity contribution in [3.05, 3.63) is 77.4 Å². The van der Waals surface area contributed by atoms with Gasteiger partial charge in [-0.25, -0.2) is 9.37 Å². The molecule has 132 valence electrons. The van der Waals surface area contributed by atoms with Crippen LogP contribution in [-0.2, 0) is 11.3 Å². The van der Waals surface area contributed by atoms with Crippen LogP contribution in [0.25, 0.3) is 12.2 Å². The Balaban J connectivity index is 1.44. The summed E-state index contributed by atoms with van der Waals surface area (Å²) in [4.78, 5) is 16.2. The molecule has 5 nitrogen and oxygen atoms in total. The lowest BCUT2D eigenvalue weighted by molar-refractivity contribution is -0.118. The van der Waals surface area contributed by atoms with Crippen molar-refractivity contribution in [2.75, 3.05) is 5.75 Å². The van der Waals surface area contributed by atoms with E-state index in [4.69, 9.17) is 0 Å². The van der Waals surface area contributed by atoms with Crippen LogP contribution in [0.1, 0.15) is 17.0 Å². The van der Waals surface area contributed by atoms with Crippen LogP contribution in [0.15, 0.2) is 59.8 Å². The zero-order valence-corrected chi connectivity index (χ0v) is 14.7. The van der Waals surface area contributed by atoms with E-state index in [1.165, 1.54) is 23.9 Å². The summed E-state index contributed by atoms with van der Waals surface area (Å²) in [5, 5.41) is 10.2. The number of amides is 1. The summed E-state index contributed by atoms with van der Waals surface area (Å²) in [5.74, 6) is 0.409. The fourth-order valence-corrected chi connectivity index (χ4v) is 2.76. The van der Waals surface area contributed by atoms with Gasteiger partial charge in [-0.15, -0.1) is 5.10 Å². The lowest BCUT2D eigenvalue weighted by Crippen LogP contribution is -2.24. The Kier molecular flexibility index (Phi) is 6.16. The highest BCUT2D eigenvalue weighted by Gasteiger charge is 2.07. The molecule has 1 aromatic heterocycles. The molecule has 0 aliphatic heterocycles. The molecule has 0 fully saturated rings. The maximum Gasteiger partial charge on any atom is 0.230 e. The number of halogens is 1. The van der Waals surface area contributed by atoms with Gasteiger partial charge in [-0.05, 0) is 29.3 Å². The number of carbonyl (C=O) groups is 1. The minimum atomic E-state index is -0.294. The number of thioether (sulfide) groups is 1. The van der Waals surface area contributed by atoms with E-state index in [-0.39, 0.29) is 17.5 Å². The second-order valence-corrected chi connectivity index (χ2v) is 6.38. The molecule has 0 aliphatic rings. The topological polar surface area (TPSA) is 70.7 Å². The zero-order chi connectivity index (χ0) is 18.2. The van der Waals surface area contributed by atoms with Gasteiger partial charge in [0, 0.05) is 6.54 Å². The highest BCUT2D eigenvalue weighted by atomic mass is 32.2. The number of aromatic nitrogens is 3. The summed E-state index contributed by atoms with van der Waals surface area (Å²) in [7, 11) is 0. The molecule has 2 N–H and O–H groups in total. The average molecular weight is 368 g/mol. The first kappa shape index (κ1) is 17.9. The zero-order valence-electron chi connectivity index (χ0n) is 13.9. The van der Waals surface area contributed by atoms with Crippen LogP contribution in [0.2, 0.25) is 0 Å². The summed E-state index contributed by atoms with van der Waals surface area (Å²) in [6, 6.07) is 15.9. The van der Waals surface area contributed by atoms with Gasteiger partial charge in [0.25, 0.3) is 0 Å². The van der Waals surface area contributed by atoms with Gasteiger partial charge >= 0.3 is 0 Å². The van der Waals surface area contributed by atoms with Gasteiger partial charge in [0.1, 0.15) is 11.6 Å². The van der Waals surface area contributed by atoms with Crippen LogP contribution >= 0.6 is 11.8 Å². The number of carbonyl (C=O) groups excluding carboxylic acids is 1. The molecule has 0 radical (unpaired) electrons. The van der Waals surface area contributed by atoms with Gasteiger partial charge in [-0.3, -0.25) is 9.89 Å². The van der Waals surface area contributed by atoms with Crippen LogP contribution in [0.4, 0.5) is 4.39 Å². The Hall–Kier alpha value is -2.93. The maximum absolute atomic E-state index is 12.8. The molecule has 7 heteroatoms. The van der Waals surface area contributed by atoms with E-state index < -0.39 is 0 Å². The molecule has 0 aliphatic carbocycles. The van der Waals surface area contributed by atoms with Crippen molar-refractivity contribution in [3.63, 3.8) is 0 Å². The molecule has 0 saturated carbocycles. The van der Waals surface area contributed by atoms with Crippen molar-refractivity contribution < 1.29 is 9.18 Å². The first-order valence-electron chi connectivity index (χ1n) is 7.98. The van der Waals surface area contributed by atoms with Crippen LogP contribution in [-0.4, -0.2) is 26.8 Å². The fourth-order valence-electron chi connectivity index (χ4n) is 2.12. The summed E-state index contributed by atoms with van der Waals surface area (Å²) < 4.78 is 12.8.